The second kappa shape index (κ2) is 6.91. The number of pyridine rings is 1. The van der Waals surface area contributed by atoms with Gasteiger partial charge in [0.2, 0.25) is 0 Å². The molecule has 20 heavy (non-hydrogen) atoms. The third-order valence-electron chi connectivity index (χ3n) is 3.09. The highest BCUT2D eigenvalue weighted by molar-refractivity contribution is 5.46. The van der Waals surface area contributed by atoms with E-state index < -0.39 is 0 Å². The van der Waals surface area contributed by atoms with Crippen molar-refractivity contribution in [3.05, 3.63) is 53.7 Å². The van der Waals surface area contributed by atoms with Gasteiger partial charge in [-0.2, -0.15) is 0 Å². The third-order valence-corrected chi connectivity index (χ3v) is 3.09. The molecule has 0 fully saturated rings. The van der Waals surface area contributed by atoms with Crippen LogP contribution in [0.15, 0.2) is 42.6 Å². The maximum atomic E-state index is 6.00. The van der Waals surface area contributed by atoms with Crippen molar-refractivity contribution in [1.82, 2.24) is 10.3 Å². The van der Waals surface area contributed by atoms with E-state index in [2.05, 4.69) is 23.3 Å². The minimum Gasteiger partial charge on any atom is -0.494 e. The molecular weight excluding hydrogens is 250 g/mol. The number of anilines is 1. The van der Waals surface area contributed by atoms with Gasteiger partial charge in [0.05, 0.1) is 12.6 Å². The average Bonchev–Trinajstić information content (AvgIpc) is 2.46. The van der Waals surface area contributed by atoms with Crippen LogP contribution in [-0.4, -0.2) is 18.1 Å². The molecule has 0 spiro atoms. The van der Waals surface area contributed by atoms with E-state index in [-0.39, 0.29) is 6.04 Å². The zero-order valence-electron chi connectivity index (χ0n) is 12.0. The highest BCUT2D eigenvalue weighted by atomic mass is 16.5. The van der Waals surface area contributed by atoms with Crippen molar-refractivity contribution < 1.29 is 4.74 Å². The van der Waals surface area contributed by atoms with Crippen molar-refractivity contribution in [2.24, 2.45) is 0 Å². The molecule has 2 aromatic rings. The highest BCUT2D eigenvalue weighted by Crippen LogP contribution is 2.27. The second-order valence-electron chi connectivity index (χ2n) is 4.47. The van der Waals surface area contributed by atoms with Gasteiger partial charge in [0.1, 0.15) is 11.6 Å². The first-order valence-electron chi connectivity index (χ1n) is 6.92. The average molecular weight is 271 g/mol. The summed E-state index contributed by atoms with van der Waals surface area (Å²) in [7, 11) is 0. The summed E-state index contributed by atoms with van der Waals surface area (Å²) in [5.41, 5.74) is 8.12. The van der Waals surface area contributed by atoms with Crippen molar-refractivity contribution in [2.75, 3.05) is 18.9 Å². The normalized spacial score (nSPS) is 12.1. The van der Waals surface area contributed by atoms with E-state index in [1.807, 2.05) is 37.3 Å². The standard InChI is InChI=1S/C16H21N3O/c1-3-18-15(14-9-6-10-19-16(14)17)12-7-5-8-13(11-12)20-4-2/h5-11,15,18H,3-4H2,1-2H3,(H2,17,19). The number of aromatic nitrogens is 1. The summed E-state index contributed by atoms with van der Waals surface area (Å²) in [6.45, 7) is 5.56. The fourth-order valence-electron chi connectivity index (χ4n) is 2.24. The molecule has 0 aliphatic carbocycles. The van der Waals surface area contributed by atoms with Crippen LogP contribution in [0.5, 0.6) is 5.75 Å². The predicted molar refractivity (Wildman–Crippen MR) is 81.8 cm³/mol. The minimum atomic E-state index is 0.0223. The van der Waals surface area contributed by atoms with E-state index in [9.17, 15) is 0 Å². The van der Waals surface area contributed by atoms with Crippen LogP contribution in [0.4, 0.5) is 5.82 Å². The molecule has 1 heterocycles. The number of ether oxygens (including phenoxy) is 1. The largest absolute Gasteiger partial charge is 0.494 e. The van der Waals surface area contributed by atoms with Crippen LogP contribution >= 0.6 is 0 Å². The van der Waals surface area contributed by atoms with Crippen LogP contribution in [-0.2, 0) is 0 Å². The minimum absolute atomic E-state index is 0.0223. The van der Waals surface area contributed by atoms with E-state index in [4.69, 9.17) is 10.5 Å². The van der Waals surface area contributed by atoms with Crippen LogP contribution in [0.3, 0.4) is 0 Å². The van der Waals surface area contributed by atoms with Crippen molar-refractivity contribution in [2.45, 2.75) is 19.9 Å². The highest BCUT2D eigenvalue weighted by Gasteiger charge is 2.16. The second-order valence-corrected chi connectivity index (χ2v) is 4.47. The van der Waals surface area contributed by atoms with E-state index in [1.165, 1.54) is 0 Å². The topological polar surface area (TPSA) is 60.2 Å². The third kappa shape index (κ3) is 3.27. The van der Waals surface area contributed by atoms with Gasteiger partial charge in [0, 0.05) is 11.8 Å². The Morgan fingerprint density at radius 2 is 2.10 bits per heavy atom. The molecular formula is C16H21N3O. The summed E-state index contributed by atoms with van der Waals surface area (Å²) in [5, 5.41) is 3.45. The molecule has 3 N–H and O–H groups in total. The summed E-state index contributed by atoms with van der Waals surface area (Å²) in [4.78, 5) is 4.17. The zero-order valence-corrected chi connectivity index (χ0v) is 12.0. The van der Waals surface area contributed by atoms with Crippen molar-refractivity contribution in [3.63, 3.8) is 0 Å². The molecule has 2 rings (SSSR count). The van der Waals surface area contributed by atoms with Gasteiger partial charge >= 0.3 is 0 Å². The van der Waals surface area contributed by atoms with Gasteiger partial charge in [0.15, 0.2) is 0 Å². The Balaban J connectivity index is 2.38. The Hall–Kier alpha value is -2.07. The smallest absolute Gasteiger partial charge is 0.128 e. The van der Waals surface area contributed by atoms with Gasteiger partial charge in [-0.1, -0.05) is 25.1 Å². The number of hydrogen-bond donors (Lipinski definition) is 2. The lowest BCUT2D eigenvalue weighted by Gasteiger charge is -2.20. The van der Waals surface area contributed by atoms with Crippen LogP contribution in [0.1, 0.15) is 31.0 Å². The lowest BCUT2D eigenvalue weighted by atomic mass is 9.99. The molecule has 0 aliphatic heterocycles. The Labute approximate surface area is 120 Å². The Bertz CT molecular complexity index is 557. The van der Waals surface area contributed by atoms with Crippen LogP contribution < -0.4 is 15.8 Å². The molecule has 0 saturated heterocycles. The number of nitrogens with two attached hydrogens (primary N) is 1. The Morgan fingerprint density at radius 1 is 1.25 bits per heavy atom. The van der Waals surface area contributed by atoms with Crippen molar-refractivity contribution in [3.8, 4) is 5.75 Å². The molecule has 0 radical (unpaired) electrons. The summed E-state index contributed by atoms with van der Waals surface area (Å²) in [6.07, 6.45) is 1.71. The van der Waals surface area contributed by atoms with E-state index in [0.717, 1.165) is 23.4 Å². The molecule has 4 heteroatoms. The van der Waals surface area contributed by atoms with Gasteiger partial charge in [-0.3, -0.25) is 0 Å². The summed E-state index contributed by atoms with van der Waals surface area (Å²) >= 11 is 0. The first-order chi connectivity index (χ1) is 9.76. The molecule has 106 valence electrons. The number of nitrogens with one attached hydrogen (secondary N) is 1. The van der Waals surface area contributed by atoms with Crippen LogP contribution in [0.25, 0.3) is 0 Å². The summed E-state index contributed by atoms with van der Waals surface area (Å²) in [5.74, 6) is 1.43. The number of hydrogen-bond acceptors (Lipinski definition) is 4. The molecule has 0 bridgehead atoms. The Kier molecular flexibility index (Phi) is 4.96. The molecule has 1 aromatic carbocycles. The van der Waals surface area contributed by atoms with Crippen molar-refractivity contribution in [1.29, 1.82) is 0 Å². The van der Waals surface area contributed by atoms with Gasteiger partial charge in [-0.25, -0.2) is 4.98 Å². The van der Waals surface area contributed by atoms with Crippen LogP contribution in [0.2, 0.25) is 0 Å². The van der Waals surface area contributed by atoms with E-state index >= 15 is 0 Å². The summed E-state index contributed by atoms with van der Waals surface area (Å²) < 4.78 is 5.57. The number of benzene rings is 1. The Morgan fingerprint density at radius 3 is 2.80 bits per heavy atom. The lowest BCUT2D eigenvalue weighted by molar-refractivity contribution is 0.339. The maximum absolute atomic E-state index is 6.00. The monoisotopic (exact) mass is 271 g/mol. The molecule has 1 unspecified atom stereocenters. The molecule has 1 aromatic heterocycles. The number of nitrogens with zero attached hydrogens (tertiary/aromatic N) is 1. The first kappa shape index (κ1) is 14.3. The van der Waals surface area contributed by atoms with Crippen molar-refractivity contribution >= 4 is 5.82 Å². The zero-order chi connectivity index (χ0) is 14.4. The van der Waals surface area contributed by atoms with E-state index in [0.29, 0.717) is 12.4 Å². The van der Waals surface area contributed by atoms with Crippen LogP contribution in [0, 0.1) is 0 Å². The maximum Gasteiger partial charge on any atom is 0.128 e. The predicted octanol–water partition coefficient (Wildman–Crippen LogP) is 2.76. The lowest BCUT2D eigenvalue weighted by Crippen LogP contribution is -2.23. The summed E-state index contributed by atoms with van der Waals surface area (Å²) in [6, 6.07) is 12.0. The van der Waals surface area contributed by atoms with Gasteiger partial charge < -0.3 is 15.8 Å². The quantitative estimate of drug-likeness (QED) is 0.848. The van der Waals surface area contributed by atoms with E-state index in [1.54, 1.807) is 6.20 Å². The number of rotatable bonds is 6. The molecule has 4 nitrogen and oxygen atoms in total. The first-order valence-corrected chi connectivity index (χ1v) is 6.92. The fourth-order valence-corrected chi connectivity index (χ4v) is 2.24. The SMILES string of the molecule is CCNC(c1cccc(OCC)c1)c1cccnc1N. The van der Waals surface area contributed by atoms with Gasteiger partial charge in [-0.05, 0) is 37.2 Å². The van der Waals surface area contributed by atoms with Gasteiger partial charge in [0.25, 0.3) is 0 Å². The molecule has 0 aliphatic rings. The fraction of sp³-hybridized carbons (Fsp3) is 0.312. The molecule has 1 atom stereocenters. The molecule has 0 saturated carbocycles. The molecule has 0 amide bonds. The number of nitrogen functional groups attached to an aromatic ring is 1. The van der Waals surface area contributed by atoms with Gasteiger partial charge in [-0.15, -0.1) is 0 Å².